The fourth-order valence-corrected chi connectivity index (χ4v) is 7.34. The Morgan fingerprint density at radius 2 is 0.830 bits per heavy atom. The van der Waals surface area contributed by atoms with E-state index in [4.69, 9.17) is 15.0 Å². The van der Waals surface area contributed by atoms with Crippen LogP contribution in [0.25, 0.3) is 56.1 Å². The van der Waals surface area contributed by atoms with Gasteiger partial charge in [0.2, 0.25) is 0 Å². The Balaban J connectivity index is 1.33. The van der Waals surface area contributed by atoms with Crippen molar-refractivity contribution in [1.82, 2.24) is 15.0 Å². The van der Waals surface area contributed by atoms with Crippen molar-refractivity contribution in [2.75, 3.05) is 0 Å². The van der Waals surface area contributed by atoms with E-state index in [0.717, 1.165) is 27.5 Å². The fourth-order valence-electron chi connectivity index (χ4n) is 7.34. The second-order valence-corrected chi connectivity index (χ2v) is 12.0. The molecule has 0 spiro atoms. The molecule has 1 heterocycles. The van der Waals surface area contributed by atoms with Crippen LogP contribution in [0.2, 0.25) is 0 Å². The van der Waals surface area contributed by atoms with E-state index in [9.17, 15) is 0 Å². The van der Waals surface area contributed by atoms with Crippen LogP contribution in [0, 0.1) is 0 Å². The molecule has 3 heteroatoms. The Bertz CT molecular complexity index is 2290. The summed E-state index contributed by atoms with van der Waals surface area (Å²) >= 11 is 0. The Morgan fingerprint density at radius 3 is 1.43 bits per heavy atom. The topological polar surface area (TPSA) is 38.7 Å². The quantitative estimate of drug-likeness (QED) is 0.198. The molecule has 7 aromatic carbocycles. The van der Waals surface area contributed by atoms with Crippen LogP contribution in [0.5, 0.6) is 0 Å². The zero-order valence-electron chi connectivity index (χ0n) is 25.6. The lowest BCUT2D eigenvalue weighted by Crippen LogP contribution is -2.28. The molecule has 0 radical (unpaired) electrons. The first-order chi connectivity index (χ1) is 23.3. The number of aromatic nitrogens is 3. The third kappa shape index (κ3) is 4.32. The summed E-state index contributed by atoms with van der Waals surface area (Å²) in [5, 5.41) is 2.26. The molecule has 0 unspecified atom stereocenters. The lowest BCUT2D eigenvalue weighted by molar-refractivity contribution is 0.769. The molecule has 9 rings (SSSR count). The summed E-state index contributed by atoms with van der Waals surface area (Å²) in [4.78, 5) is 15.1. The van der Waals surface area contributed by atoms with Crippen LogP contribution in [0.4, 0.5) is 0 Å². The van der Waals surface area contributed by atoms with E-state index in [-0.39, 0.29) is 0 Å². The number of hydrogen-bond donors (Lipinski definition) is 0. The summed E-state index contributed by atoms with van der Waals surface area (Å²) in [5.41, 5.74) is 10.0. The van der Waals surface area contributed by atoms with Gasteiger partial charge in [0.15, 0.2) is 17.5 Å². The van der Waals surface area contributed by atoms with Gasteiger partial charge in [0.25, 0.3) is 0 Å². The van der Waals surface area contributed by atoms with Crippen molar-refractivity contribution >= 4 is 10.8 Å². The zero-order chi connectivity index (χ0) is 31.2. The van der Waals surface area contributed by atoms with Gasteiger partial charge in [-0.05, 0) is 56.3 Å². The SMILES string of the molecule is c1ccc(-c2nc(-c3ccccc3)nc(-c3cccc4cc5c(cc34)-c3ccccc3C5(c3ccccc3)c3ccccc3)n2)cc1. The molecule has 0 saturated heterocycles. The van der Waals surface area contributed by atoms with Gasteiger partial charge in [0, 0.05) is 16.7 Å². The van der Waals surface area contributed by atoms with Gasteiger partial charge in [-0.2, -0.15) is 0 Å². The highest BCUT2D eigenvalue weighted by atomic mass is 15.0. The standard InChI is InChI=1S/C44H29N3/c1-5-16-30(17-6-1)41-45-42(31-18-7-2-8-19-31)47-43(46-41)36-26-15-20-32-28-40-38(29-37(32)36)35-25-13-14-27-39(35)44(40,33-21-9-3-10-22-33)34-23-11-4-12-24-34/h1-29H. The predicted octanol–water partition coefficient (Wildman–Crippen LogP) is 10.4. The summed E-state index contributed by atoms with van der Waals surface area (Å²) in [6.45, 7) is 0. The molecule has 0 atom stereocenters. The smallest absolute Gasteiger partial charge is 0.164 e. The number of fused-ring (bicyclic) bond motifs is 4. The third-order valence-electron chi connectivity index (χ3n) is 9.40. The average molecular weight is 600 g/mol. The number of nitrogens with zero attached hydrogens (tertiary/aromatic N) is 3. The summed E-state index contributed by atoms with van der Waals surface area (Å²) < 4.78 is 0. The van der Waals surface area contributed by atoms with Crippen LogP contribution in [0.3, 0.4) is 0 Å². The maximum Gasteiger partial charge on any atom is 0.164 e. The van der Waals surface area contributed by atoms with E-state index in [2.05, 4.69) is 115 Å². The van der Waals surface area contributed by atoms with Gasteiger partial charge in [0.1, 0.15) is 0 Å². The lowest BCUT2D eigenvalue weighted by Gasteiger charge is -2.34. The molecule has 0 fully saturated rings. The van der Waals surface area contributed by atoms with Gasteiger partial charge in [0.05, 0.1) is 5.41 Å². The second kappa shape index (κ2) is 11.0. The molecule has 8 aromatic rings. The Morgan fingerprint density at radius 1 is 0.340 bits per heavy atom. The summed E-state index contributed by atoms with van der Waals surface area (Å²) in [6, 6.07) is 62.2. The number of rotatable bonds is 5. The molecule has 0 saturated carbocycles. The van der Waals surface area contributed by atoms with E-state index in [1.807, 2.05) is 60.7 Å². The third-order valence-corrected chi connectivity index (χ3v) is 9.40. The maximum absolute atomic E-state index is 5.09. The van der Waals surface area contributed by atoms with Crippen molar-refractivity contribution in [1.29, 1.82) is 0 Å². The molecule has 1 aromatic heterocycles. The van der Waals surface area contributed by atoms with E-state index in [1.54, 1.807) is 0 Å². The summed E-state index contributed by atoms with van der Waals surface area (Å²) in [6.07, 6.45) is 0. The van der Waals surface area contributed by atoms with E-state index >= 15 is 0 Å². The summed E-state index contributed by atoms with van der Waals surface area (Å²) in [7, 11) is 0. The Labute approximate surface area is 273 Å². The van der Waals surface area contributed by atoms with E-state index < -0.39 is 5.41 Å². The number of hydrogen-bond acceptors (Lipinski definition) is 3. The van der Waals surface area contributed by atoms with Crippen molar-refractivity contribution in [3.05, 3.63) is 198 Å². The van der Waals surface area contributed by atoms with Gasteiger partial charge in [-0.1, -0.05) is 164 Å². The molecule has 220 valence electrons. The zero-order valence-corrected chi connectivity index (χ0v) is 25.6. The average Bonchev–Trinajstić information content (AvgIpc) is 3.45. The largest absolute Gasteiger partial charge is 0.208 e. The molecule has 0 aliphatic heterocycles. The monoisotopic (exact) mass is 599 g/mol. The Kier molecular flexibility index (Phi) is 6.36. The van der Waals surface area contributed by atoms with E-state index in [1.165, 1.54) is 33.4 Å². The number of benzene rings is 7. The van der Waals surface area contributed by atoms with Crippen molar-refractivity contribution in [3.8, 4) is 45.3 Å². The minimum atomic E-state index is -0.452. The highest BCUT2D eigenvalue weighted by molar-refractivity contribution is 6.02. The van der Waals surface area contributed by atoms with Gasteiger partial charge < -0.3 is 0 Å². The Hall–Kier alpha value is -6.19. The van der Waals surface area contributed by atoms with Crippen molar-refractivity contribution in [2.24, 2.45) is 0 Å². The van der Waals surface area contributed by atoms with Gasteiger partial charge >= 0.3 is 0 Å². The molecule has 0 N–H and O–H groups in total. The van der Waals surface area contributed by atoms with Crippen LogP contribution in [-0.4, -0.2) is 15.0 Å². The van der Waals surface area contributed by atoms with E-state index in [0.29, 0.717) is 17.5 Å². The molecule has 3 nitrogen and oxygen atoms in total. The first kappa shape index (κ1) is 27.1. The van der Waals surface area contributed by atoms with Crippen LogP contribution >= 0.6 is 0 Å². The minimum Gasteiger partial charge on any atom is -0.208 e. The first-order valence-electron chi connectivity index (χ1n) is 16.0. The van der Waals surface area contributed by atoms with Crippen molar-refractivity contribution in [2.45, 2.75) is 5.41 Å². The second-order valence-electron chi connectivity index (χ2n) is 12.0. The van der Waals surface area contributed by atoms with Gasteiger partial charge in [-0.3, -0.25) is 0 Å². The van der Waals surface area contributed by atoms with Crippen LogP contribution in [0.15, 0.2) is 176 Å². The molecule has 47 heavy (non-hydrogen) atoms. The molecular weight excluding hydrogens is 571 g/mol. The lowest BCUT2D eigenvalue weighted by atomic mass is 9.67. The van der Waals surface area contributed by atoms with Gasteiger partial charge in [-0.25, -0.2) is 15.0 Å². The maximum atomic E-state index is 5.09. The molecule has 0 amide bonds. The molecular formula is C44H29N3. The minimum absolute atomic E-state index is 0.452. The first-order valence-corrected chi connectivity index (χ1v) is 16.0. The van der Waals surface area contributed by atoms with Crippen LogP contribution in [-0.2, 0) is 5.41 Å². The fraction of sp³-hybridized carbons (Fsp3) is 0.0227. The normalized spacial score (nSPS) is 12.9. The molecule has 1 aliphatic carbocycles. The highest BCUT2D eigenvalue weighted by Crippen LogP contribution is 2.57. The predicted molar refractivity (Wildman–Crippen MR) is 191 cm³/mol. The van der Waals surface area contributed by atoms with Crippen LogP contribution < -0.4 is 0 Å². The molecule has 0 bridgehead atoms. The van der Waals surface area contributed by atoms with Crippen molar-refractivity contribution in [3.63, 3.8) is 0 Å². The van der Waals surface area contributed by atoms with Crippen molar-refractivity contribution < 1.29 is 0 Å². The van der Waals surface area contributed by atoms with Gasteiger partial charge in [-0.15, -0.1) is 0 Å². The summed E-state index contributed by atoms with van der Waals surface area (Å²) in [5.74, 6) is 1.97. The molecule has 1 aliphatic rings. The van der Waals surface area contributed by atoms with Crippen LogP contribution in [0.1, 0.15) is 22.3 Å². The highest BCUT2D eigenvalue weighted by Gasteiger charge is 2.46.